The summed E-state index contributed by atoms with van der Waals surface area (Å²) in [7, 11) is 0. The zero-order chi connectivity index (χ0) is 14.8. The van der Waals surface area contributed by atoms with E-state index in [1.54, 1.807) is 0 Å². The number of benzene rings is 1. The minimum atomic E-state index is -4.60. The van der Waals surface area contributed by atoms with Crippen molar-refractivity contribution in [3.63, 3.8) is 0 Å². The first kappa shape index (κ1) is 18.2. The van der Waals surface area contributed by atoms with Crippen molar-refractivity contribution in [1.82, 2.24) is 10.2 Å². The molecular weight excluding hydrogens is 312 g/mol. The molecule has 0 aliphatic carbocycles. The van der Waals surface area contributed by atoms with E-state index >= 15 is 0 Å². The third kappa shape index (κ3) is 4.54. The summed E-state index contributed by atoms with van der Waals surface area (Å²) in [6.07, 6.45) is -4.60. The Hall–Kier alpha value is -0.890. The number of nitrogens with zero attached hydrogens (tertiary/aromatic N) is 1. The lowest BCUT2D eigenvalue weighted by atomic mass is 10.0. The molecule has 1 aromatic carbocycles. The molecule has 1 aliphatic heterocycles. The molecule has 1 aliphatic rings. The fourth-order valence-electron chi connectivity index (χ4n) is 2.39. The number of hydrogen-bond acceptors (Lipinski definition) is 3. The summed E-state index contributed by atoms with van der Waals surface area (Å²) in [5.74, 6) is -0.941. The van der Waals surface area contributed by atoms with Crippen LogP contribution in [0.4, 0.5) is 17.6 Å². The monoisotopic (exact) mass is 328 g/mol. The molecule has 1 fully saturated rings. The summed E-state index contributed by atoms with van der Waals surface area (Å²) in [5, 5.41) is 12.6. The van der Waals surface area contributed by atoms with Gasteiger partial charge in [-0.3, -0.25) is 4.90 Å². The Labute approximate surface area is 126 Å². The Morgan fingerprint density at radius 3 is 2.33 bits per heavy atom. The molecule has 0 saturated carbocycles. The molecule has 0 aromatic heterocycles. The lowest BCUT2D eigenvalue weighted by molar-refractivity contribution is -0.137. The van der Waals surface area contributed by atoms with E-state index in [0.717, 1.165) is 12.1 Å². The Bertz CT molecular complexity index is 464. The van der Waals surface area contributed by atoms with Gasteiger partial charge in [0, 0.05) is 26.2 Å². The molecule has 120 valence electrons. The third-order valence-electron chi connectivity index (χ3n) is 3.40. The van der Waals surface area contributed by atoms with Crippen molar-refractivity contribution in [2.45, 2.75) is 12.2 Å². The van der Waals surface area contributed by atoms with Crippen molar-refractivity contribution in [2.75, 3.05) is 32.8 Å². The molecule has 1 atom stereocenters. The molecule has 2 N–H and O–H groups in total. The number of hydrogen-bond donors (Lipinski definition) is 2. The third-order valence-corrected chi connectivity index (χ3v) is 3.40. The lowest BCUT2D eigenvalue weighted by Crippen LogP contribution is -2.46. The van der Waals surface area contributed by atoms with Gasteiger partial charge in [-0.25, -0.2) is 4.39 Å². The topological polar surface area (TPSA) is 35.5 Å². The van der Waals surface area contributed by atoms with Crippen LogP contribution in [0.2, 0.25) is 0 Å². The summed E-state index contributed by atoms with van der Waals surface area (Å²) in [4.78, 5) is 1.85. The van der Waals surface area contributed by atoms with Gasteiger partial charge in [0.05, 0.1) is 18.2 Å². The maximum Gasteiger partial charge on any atom is 0.416 e. The van der Waals surface area contributed by atoms with Crippen LogP contribution < -0.4 is 5.32 Å². The van der Waals surface area contributed by atoms with Crippen molar-refractivity contribution in [1.29, 1.82) is 0 Å². The van der Waals surface area contributed by atoms with Crippen LogP contribution in [0.1, 0.15) is 17.2 Å². The highest BCUT2D eigenvalue weighted by Crippen LogP contribution is 2.32. The highest BCUT2D eigenvalue weighted by atomic mass is 35.5. The molecule has 0 radical (unpaired) electrons. The maximum atomic E-state index is 13.4. The van der Waals surface area contributed by atoms with Crippen LogP contribution in [-0.2, 0) is 6.18 Å². The Morgan fingerprint density at radius 1 is 1.19 bits per heavy atom. The standard InChI is InChI=1S/C13H16F4N2O.ClH/c14-11-6-9(5-10(7-11)13(15,16)17)12(8-20)19-3-1-18-2-4-19;/h5-7,12,18,20H,1-4,8H2;1H/t12-;/m1./s1. The number of rotatable bonds is 3. The zero-order valence-electron chi connectivity index (χ0n) is 11.2. The average Bonchev–Trinajstić information content (AvgIpc) is 2.39. The Balaban J connectivity index is 0.00000220. The molecule has 2 rings (SSSR count). The maximum absolute atomic E-state index is 13.4. The van der Waals surface area contributed by atoms with Crippen LogP contribution in [-0.4, -0.2) is 42.8 Å². The fraction of sp³-hybridized carbons (Fsp3) is 0.538. The molecule has 21 heavy (non-hydrogen) atoms. The van der Waals surface area contributed by atoms with E-state index in [2.05, 4.69) is 5.32 Å². The highest BCUT2D eigenvalue weighted by molar-refractivity contribution is 5.85. The number of piperazine rings is 1. The van der Waals surface area contributed by atoms with Crippen molar-refractivity contribution < 1.29 is 22.7 Å². The number of halogens is 5. The molecule has 0 bridgehead atoms. The van der Waals surface area contributed by atoms with E-state index in [1.807, 2.05) is 4.90 Å². The summed E-state index contributed by atoms with van der Waals surface area (Å²) in [5.41, 5.74) is -0.872. The van der Waals surface area contributed by atoms with Gasteiger partial charge in [0.15, 0.2) is 0 Å². The van der Waals surface area contributed by atoms with E-state index in [4.69, 9.17) is 0 Å². The van der Waals surface area contributed by atoms with Crippen LogP contribution in [0, 0.1) is 5.82 Å². The van der Waals surface area contributed by atoms with Gasteiger partial charge >= 0.3 is 6.18 Å². The number of aliphatic hydroxyl groups is 1. The van der Waals surface area contributed by atoms with Crippen molar-refractivity contribution in [2.24, 2.45) is 0 Å². The molecule has 0 spiro atoms. The van der Waals surface area contributed by atoms with Crippen LogP contribution in [0.5, 0.6) is 0 Å². The van der Waals surface area contributed by atoms with Gasteiger partial charge in [-0.05, 0) is 23.8 Å². The van der Waals surface area contributed by atoms with Crippen molar-refractivity contribution >= 4 is 12.4 Å². The molecular formula is C13H17ClF4N2O. The summed E-state index contributed by atoms with van der Waals surface area (Å²) in [6, 6.07) is 1.81. The average molecular weight is 329 g/mol. The molecule has 0 amide bonds. The minimum absolute atomic E-state index is 0. The van der Waals surface area contributed by atoms with Gasteiger partial charge in [0.2, 0.25) is 0 Å². The molecule has 1 aromatic rings. The second-order valence-corrected chi connectivity index (χ2v) is 4.76. The molecule has 0 unspecified atom stereocenters. The summed E-state index contributed by atoms with van der Waals surface area (Å²) in [6.45, 7) is 2.24. The van der Waals surface area contributed by atoms with E-state index in [9.17, 15) is 22.7 Å². The smallest absolute Gasteiger partial charge is 0.394 e. The number of alkyl halides is 3. The Morgan fingerprint density at radius 2 is 1.81 bits per heavy atom. The van der Waals surface area contributed by atoms with E-state index in [-0.39, 0.29) is 24.6 Å². The van der Waals surface area contributed by atoms with Crippen LogP contribution in [0.3, 0.4) is 0 Å². The van der Waals surface area contributed by atoms with Crippen LogP contribution >= 0.6 is 12.4 Å². The first-order chi connectivity index (χ1) is 9.41. The number of aliphatic hydroxyl groups excluding tert-OH is 1. The van der Waals surface area contributed by atoms with Gasteiger partial charge in [-0.15, -0.1) is 12.4 Å². The zero-order valence-corrected chi connectivity index (χ0v) is 12.0. The van der Waals surface area contributed by atoms with E-state index in [1.165, 1.54) is 0 Å². The second-order valence-electron chi connectivity index (χ2n) is 4.76. The van der Waals surface area contributed by atoms with Gasteiger partial charge in [0.25, 0.3) is 0 Å². The predicted molar refractivity (Wildman–Crippen MR) is 72.9 cm³/mol. The minimum Gasteiger partial charge on any atom is -0.394 e. The first-order valence-corrected chi connectivity index (χ1v) is 6.35. The number of nitrogens with one attached hydrogen (secondary N) is 1. The fourth-order valence-corrected chi connectivity index (χ4v) is 2.39. The SMILES string of the molecule is Cl.OC[C@H](c1cc(F)cc(C(F)(F)F)c1)N1CCNCC1. The summed E-state index contributed by atoms with van der Waals surface area (Å²) < 4.78 is 51.5. The highest BCUT2D eigenvalue weighted by Gasteiger charge is 2.32. The van der Waals surface area contributed by atoms with Crippen molar-refractivity contribution in [3.8, 4) is 0 Å². The summed E-state index contributed by atoms with van der Waals surface area (Å²) >= 11 is 0. The van der Waals surface area contributed by atoms with Gasteiger partial charge < -0.3 is 10.4 Å². The van der Waals surface area contributed by atoms with Crippen LogP contribution in [0.15, 0.2) is 18.2 Å². The quantitative estimate of drug-likeness (QED) is 0.835. The van der Waals surface area contributed by atoms with Gasteiger partial charge in [-0.2, -0.15) is 13.2 Å². The second kappa shape index (κ2) is 7.40. The molecule has 8 heteroatoms. The van der Waals surface area contributed by atoms with E-state index < -0.39 is 23.6 Å². The largest absolute Gasteiger partial charge is 0.416 e. The Kier molecular flexibility index (Phi) is 6.40. The molecule has 1 heterocycles. The first-order valence-electron chi connectivity index (χ1n) is 6.35. The van der Waals surface area contributed by atoms with Crippen LogP contribution in [0.25, 0.3) is 0 Å². The lowest BCUT2D eigenvalue weighted by Gasteiger charge is -2.34. The van der Waals surface area contributed by atoms with Crippen molar-refractivity contribution in [3.05, 3.63) is 35.1 Å². The molecule has 3 nitrogen and oxygen atoms in total. The van der Waals surface area contributed by atoms with E-state index in [0.29, 0.717) is 32.2 Å². The molecule has 1 saturated heterocycles. The van der Waals surface area contributed by atoms with Gasteiger partial charge in [0.1, 0.15) is 5.82 Å². The predicted octanol–water partition coefficient (Wildman–Crippen LogP) is 2.20. The van der Waals surface area contributed by atoms with Gasteiger partial charge in [-0.1, -0.05) is 0 Å². The normalized spacial score (nSPS) is 18.1.